The molecule has 0 unspecified atom stereocenters. The van der Waals surface area contributed by atoms with Crippen LogP contribution in [-0.2, 0) is 0 Å². The van der Waals surface area contributed by atoms with E-state index in [1.165, 1.54) is 18.2 Å². The van der Waals surface area contributed by atoms with Gasteiger partial charge in [0.25, 0.3) is 5.91 Å². The molecule has 0 atom stereocenters. The second-order valence-electron chi connectivity index (χ2n) is 4.05. The predicted octanol–water partition coefficient (Wildman–Crippen LogP) is 2.52. The van der Waals surface area contributed by atoms with Crippen LogP contribution < -0.4 is 16.8 Å². The van der Waals surface area contributed by atoms with Gasteiger partial charge in [0.2, 0.25) is 0 Å². The van der Waals surface area contributed by atoms with Crippen LogP contribution in [0.2, 0.25) is 0 Å². The van der Waals surface area contributed by atoms with E-state index in [0.29, 0.717) is 17.8 Å². The van der Waals surface area contributed by atoms with Crippen molar-refractivity contribution in [2.45, 2.75) is 0 Å². The third-order valence-electron chi connectivity index (χ3n) is 2.57. The van der Waals surface area contributed by atoms with E-state index in [4.69, 9.17) is 11.5 Å². The van der Waals surface area contributed by atoms with E-state index >= 15 is 0 Å². The topological polar surface area (TPSA) is 81.1 Å². The summed E-state index contributed by atoms with van der Waals surface area (Å²) in [5, 5.41) is 2.01. The Kier molecular flexibility index (Phi) is 3.51. The molecule has 2 aromatic rings. The summed E-state index contributed by atoms with van der Waals surface area (Å²) in [7, 11) is 0. The van der Waals surface area contributed by atoms with E-state index in [1.807, 2.05) is 5.32 Å². The molecule has 0 aliphatic carbocycles. The van der Waals surface area contributed by atoms with Crippen LogP contribution in [0.3, 0.4) is 0 Å². The minimum Gasteiger partial charge on any atom is -0.399 e. The van der Waals surface area contributed by atoms with Crippen LogP contribution in [0.15, 0.2) is 30.3 Å². The Morgan fingerprint density at radius 3 is 2.15 bits per heavy atom. The molecule has 0 aliphatic heterocycles. The van der Waals surface area contributed by atoms with Gasteiger partial charge in [0.15, 0.2) is 11.6 Å². The van der Waals surface area contributed by atoms with Gasteiger partial charge < -0.3 is 16.8 Å². The zero-order chi connectivity index (χ0) is 14.9. The van der Waals surface area contributed by atoms with Crippen LogP contribution in [-0.4, -0.2) is 5.91 Å². The number of amides is 1. The van der Waals surface area contributed by atoms with Crippen molar-refractivity contribution < 1.29 is 18.0 Å². The number of carbonyl (C=O) groups is 1. The molecule has 20 heavy (non-hydrogen) atoms. The average molecular weight is 281 g/mol. The molecule has 0 aromatic heterocycles. The van der Waals surface area contributed by atoms with E-state index < -0.39 is 29.0 Å². The van der Waals surface area contributed by atoms with Gasteiger partial charge in [0.1, 0.15) is 11.5 Å². The maximum Gasteiger partial charge on any atom is 0.257 e. The fraction of sp³-hybridized carbons (Fsp3) is 0. The van der Waals surface area contributed by atoms with Crippen molar-refractivity contribution in [2.24, 2.45) is 0 Å². The lowest BCUT2D eigenvalue weighted by atomic mass is 10.1. The zero-order valence-electron chi connectivity index (χ0n) is 10.1. The first kappa shape index (κ1) is 13.7. The second kappa shape index (κ2) is 5.12. The highest BCUT2D eigenvalue weighted by molar-refractivity contribution is 6.08. The number of carbonyl (C=O) groups excluding carboxylic acids is 1. The lowest BCUT2D eigenvalue weighted by molar-refractivity contribution is 0.102. The highest BCUT2D eigenvalue weighted by atomic mass is 19.1. The van der Waals surface area contributed by atoms with Gasteiger partial charge in [0, 0.05) is 23.5 Å². The van der Waals surface area contributed by atoms with Gasteiger partial charge in [-0.2, -0.15) is 0 Å². The van der Waals surface area contributed by atoms with Crippen molar-refractivity contribution in [3.63, 3.8) is 0 Å². The average Bonchev–Trinajstić information content (AvgIpc) is 2.33. The summed E-state index contributed by atoms with van der Waals surface area (Å²) in [6, 6.07) is 5.00. The number of rotatable bonds is 2. The Morgan fingerprint density at radius 1 is 1.00 bits per heavy atom. The molecule has 0 bridgehead atoms. The van der Waals surface area contributed by atoms with Gasteiger partial charge in [-0.1, -0.05) is 0 Å². The molecule has 0 heterocycles. The second-order valence-corrected chi connectivity index (χ2v) is 4.05. The number of benzene rings is 2. The lowest BCUT2D eigenvalue weighted by Gasteiger charge is -2.10. The molecular formula is C13H10F3N3O. The number of nitrogen functional groups attached to an aromatic ring is 2. The van der Waals surface area contributed by atoms with Crippen LogP contribution in [0.1, 0.15) is 10.4 Å². The molecule has 2 aromatic carbocycles. The maximum atomic E-state index is 13.4. The summed E-state index contributed by atoms with van der Waals surface area (Å²) in [6.45, 7) is 0. The number of hydrogen-bond acceptors (Lipinski definition) is 3. The van der Waals surface area contributed by atoms with E-state index in [0.717, 1.165) is 0 Å². The Bertz CT molecular complexity index is 666. The van der Waals surface area contributed by atoms with E-state index in [2.05, 4.69) is 0 Å². The SMILES string of the molecule is Nc1ccc(C(=O)Nc2c(F)cc(F)cc2F)c(N)c1. The van der Waals surface area contributed by atoms with E-state index in [9.17, 15) is 18.0 Å². The Labute approximate surface area is 112 Å². The number of nitrogens with one attached hydrogen (secondary N) is 1. The first-order chi connectivity index (χ1) is 9.38. The molecule has 2 rings (SSSR count). The first-order valence-electron chi connectivity index (χ1n) is 5.49. The molecule has 0 spiro atoms. The van der Waals surface area contributed by atoms with Crippen molar-refractivity contribution >= 4 is 23.0 Å². The summed E-state index contributed by atoms with van der Waals surface area (Å²) in [6.07, 6.45) is 0. The van der Waals surface area contributed by atoms with Crippen LogP contribution >= 0.6 is 0 Å². The van der Waals surface area contributed by atoms with Gasteiger partial charge in [-0.25, -0.2) is 13.2 Å². The summed E-state index contributed by atoms with van der Waals surface area (Å²) in [4.78, 5) is 11.9. The Hall–Kier alpha value is -2.70. The maximum absolute atomic E-state index is 13.4. The summed E-state index contributed by atoms with van der Waals surface area (Å²) in [5.41, 5.74) is 10.7. The molecule has 4 nitrogen and oxygen atoms in total. The van der Waals surface area contributed by atoms with E-state index in [-0.39, 0.29) is 11.3 Å². The number of hydrogen-bond donors (Lipinski definition) is 3. The molecule has 0 aliphatic rings. The zero-order valence-corrected chi connectivity index (χ0v) is 10.1. The molecule has 7 heteroatoms. The van der Waals surface area contributed by atoms with Gasteiger partial charge in [-0.3, -0.25) is 4.79 Å². The minimum absolute atomic E-state index is 0.00215. The van der Waals surface area contributed by atoms with Gasteiger partial charge in [0.05, 0.1) is 5.56 Å². The number of anilines is 3. The summed E-state index contributed by atoms with van der Waals surface area (Å²) >= 11 is 0. The van der Waals surface area contributed by atoms with Crippen LogP contribution in [0, 0.1) is 17.5 Å². The van der Waals surface area contributed by atoms with Gasteiger partial charge >= 0.3 is 0 Å². The smallest absolute Gasteiger partial charge is 0.257 e. The lowest BCUT2D eigenvalue weighted by Crippen LogP contribution is -2.16. The van der Waals surface area contributed by atoms with Crippen molar-refractivity contribution in [1.29, 1.82) is 0 Å². The standard InChI is InChI=1S/C13H10F3N3O/c14-6-3-9(15)12(10(16)4-6)19-13(20)8-2-1-7(17)5-11(8)18/h1-5H,17-18H2,(H,19,20). The van der Waals surface area contributed by atoms with Crippen LogP contribution in [0.4, 0.5) is 30.2 Å². The van der Waals surface area contributed by atoms with Crippen molar-refractivity contribution in [3.05, 3.63) is 53.3 Å². The minimum atomic E-state index is -1.22. The third-order valence-corrected chi connectivity index (χ3v) is 2.57. The number of halogens is 3. The molecule has 104 valence electrons. The molecule has 0 fully saturated rings. The fourth-order valence-electron chi connectivity index (χ4n) is 1.63. The first-order valence-corrected chi connectivity index (χ1v) is 5.49. The Balaban J connectivity index is 2.33. The molecule has 1 amide bonds. The van der Waals surface area contributed by atoms with E-state index in [1.54, 1.807) is 0 Å². The monoisotopic (exact) mass is 281 g/mol. The highest BCUT2D eigenvalue weighted by Crippen LogP contribution is 2.22. The van der Waals surface area contributed by atoms with Crippen molar-refractivity contribution in [1.82, 2.24) is 0 Å². The van der Waals surface area contributed by atoms with Gasteiger partial charge in [-0.15, -0.1) is 0 Å². The molecule has 0 radical (unpaired) electrons. The number of nitrogens with two attached hydrogens (primary N) is 2. The molecule has 5 N–H and O–H groups in total. The van der Waals surface area contributed by atoms with Crippen LogP contribution in [0.25, 0.3) is 0 Å². The quantitative estimate of drug-likeness (QED) is 0.740. The van der Waals surface area contributed by atoms with Crippen LogP contribution in [0.5, 0.6) is 0 Å². The van der Waals surface area contributed by atoms with Gasteiger partial charge in [-0.05, 0) is 18.2 Å². The molecule has 0 saturated heterocycles. The van der Waals surface area contributed by atoms with Crippen molar-refractivity contribution in [2.75, 3.05) is 16.8 Å². The Morgan fingerprint density at radius 2 is 1.60 bits per heavy atom. The highest BCUT2D eigenvalue weighted by Gasteiger charge is 2.16. The molecular weight excluding hydrogens is 271 g/mol. The van der Waals surface area contributed by atoms with Crippen molar-refractivity contribution in [3.8, 4) is 0 Å². The normalized spacial score (nSPS) is 10.3. The molecule has 0 saturated carbocycles. The largest absolute Gasteiger partial charge is 0.399 e. The summed E-state index contributed by atoms with van der Waals surface area (Å²) in [5.74, 6) is -4.34. The predicted molar refractivity (Wildman–Crippen MR) is 69.5 cm³/mol. The third kappa shape index (κ3) is 2.66. The fourth-order valence-corrected chi connectivity index (χ4v) is 1.63. The summed E-state index contributed by atoms with van der Waals surface area (Å²) < 4.78 is 39.6.